The fourth-order valence-corrected chi connectivity index (χ4v) is 3.94. The lowest BCUT2D eigenvalue weighted by Gasteiger charge is -2.33. The van der Waals surface area contributed by atoms with Gasteiger partial charge in [0.1, 0.15) is 5.75 Å². The Morgan fingerprint density at radius 2 is 1.70 bits per heavy atom. The normalized spacial score (nSPS) is 18.0. The average molecular weight is 367 g/mol. The van der Waals surface area contributed by atoms with E-state index in [9.17, 15) is 4.79 Å². The zero-order valence-electron chi connectivity index (χ0n) is 16.1. The van der Waals surface area contributed by atoms with Gasteiger partial charge in [0.05, 0.1) is 32.1 Å². The standard InChI is InChI=1S/C22H25NO4/c1-4-25-18-10-8-17(9-11-18)14-23-20-16(3)7-6-15(2)19(20)22(21(23)24)26-12-5-13-27-22/h6-11H,4-5,12-14H2,1-3H3. The second-order valence-corrected chi connectivity index (χ2v) is 7.06. The maximum Gasteiger partial charge on any atom is 0.292 e. The summed E-state index contributed by atoms with van der Waals surface area (Å²) in [5.41, 5.74) is 4.87. The van der Waals surface area contributed by atoms with Gasteiger partial charge in [-0.1, -0.05) is 24.3 Å². The minimum atomic E-state index is -1.30. The molecule has 5 heteroatoms. The number of fused-ring (bicyclic) bond motifs is 2. The summed E-state index contributed by atoms with van der Waals surface area (Å²) in [5.74, 6) is -0.602. The molecular weight excluding hydrogens is 342 g/mol. The second-order valence-electron chi connectivity index (χ2n) is 7.06. The summed E-state index contributed by atoms with van der Waals surface area (Å²) >= 11 is 0. The third kappa shape index (κ3) is 2.91. The third-order valence-electron chi connectivity index (χ3n) is 5.19. The summed E-state index contributed by atoms with van der Waals surface area (Å²) in [6.45, 7) is 8.14. The summed E-state index contributed by atoms with van der Waals surface area (Å²) in [7, 11) is 0. The molecule has 0 aliphatic carbocycles. The number of nitrogens with zero attached hydrogens (tertiary/aromatic N) is 1. The first-order valence-corrected chi connectivity index (χ1v) is 9.49. The number of ether oxygens (including phenoxy) is 3. The Kier molecular flexibility index (Phi) is 4.66. The Balaban J connectivity index is 1.74. The topological polar surface area (TPSA) is 48.0 Å². The number of aryl methyl sites for hydroxylation is 2. The van der Waals surface area contributed by atoms with E-state index < -0.39 is 5.79 Å². The van der Waals surface area contributed by atoms with Gasteiger partial charge in [0.25, 0.3) is 11.7 Å². The van der Waals surface area contributed by atoms with Gasteiger partial charge in [-0.3, -0.25) is 4.79 Å². The zero-order valence-corrected chi connectivity index (χ0v) is 16.1. The van der Waals surface area contributed by atoms with Crippen LogP contribution in [0.4, 0.5) is 5.69 Å². The number of amides is 1. The monoisotopic (exact) mass is 367 g/mol. The highest BCUT2D eigenvalue weighted by atomic mass is 16.7. The zero-order chi connectivity index (χ0) is 19.0. The van der Waals surface area contributed by atoms with Crippen LogP contribution in [0, 0.1) is 13.8 Å². The summed E-state index contributed by atoms with van der Waals surface area (Å²) < 4.78 is 17.5. The first kappa shape index (κ1) is 18.0. The quantitative estimate of drug-likeness (QED) is 0.824. The molecule has 2 heterocycles. The van der Waals surface area contributed by atoms with E-state index >= 15 is 0 Å². The Morgan fingerprint density at radius 1 is 1.04 bits per heavy atom. The Morgan fingerprint density at radius 3 is 2.37 bits per heavy atom. The van der Waals surface area contributed by atoms with Gasteiger partial charge in [-0.05, 0) is 56.0 Å². The van der Waals surface area contributed by atoms with Crippen LogP contribution in [0.15, 0.2) is 36.4 Å². The van der Waals surface area contributed by atoms with Crippen molar-refractivity contribution in [2.24, 2.45) is 0 Å². The maximum atomic E-state index is 13.5. The van der Waals surface area contributed by atoms with Crippen molar-refractivity contribution in [3.8, 4) is 5.75 Å². The van der Waals surface area contributed by atoms with Crippen molar-refractivity contribution in [1.82, 2.24) is 0 Å². The van der Waals surface area contributed by atoms with Crippen LogP contribution in [0.5, 0.6) is 5.75 Å². The fraction of sp³-hybridized carbons (Fsp3) is 0.409. The number of hydrogen-bond donors (Lipinski definition) is 0. The molecule has 0 aromatic heterocycles. The molecule has 1 fully saturated rings. The molecule has 2 aliphatic heterocycles. The van der Waals surface area contributed by atoms with Crippen molar-refractivity contribution in [3.63, 3.8) is 0 Å². The number of carbonyl (C=O) groups excluding carboxylic acids is 1. The van der Waals surface area contributed by atoms with E-state index in [1.807, 2.05) is 51.1 Å². The molecule has 0 saturated carbocycles. The molecule has 1 spiro atoms. The number of benzene rings is 2. The van der Waals surface area contributed by atoms with Crippen molar-refractivity contribution in [1.29, 1.82) is 0 Å². The van der Waals surface area contributed by atoms with Crippen LogP contribution in [0.3, 0.4) is 0 Å². The van der Waals surface area contributed by atoms with Crippen LogP contribution in [-0.4, -0.2) is 25.7 Å². The van der Waals surface area contributed by atoms with Crippen LogP contribution >= 0.6 is 0 Å². The van der Waals surface area contributed by atoms with Crippen molar-refractivity contribution in [2.45, 2.75) is 39.5 Å². The molecule has 0 bridgehead atoms. The van der Waals surface area contributed by atoms with Crippen LogP contribution in [-0.2, 0) is 26.6 Å². The first-order valence-electron chi connectivity index (χ1n) is 9.49. The predicted molar refractivity (Wildman–Crippen MR) is 103 cm³/mol. The molecule has 1 saturated heterocycles. The molecule has 2 aliphatic rings. The van der Waals surface area contributed by atoms with Crippen LogP contribution in [0.2, 0.25) is 0 Å². The predicted octanol–water partition coefficient (Wildman–Crippen LogP) is 3.84. The van der Waals surface area contributed by atoms with Gasteiger partial charge in [0.15, 0.2) is 0 Å². The van der Waals surface area contributed by atoms with Crippen molar-refractivity contribution in [2.75, 3.05) is 24.7 Å². The molecule has 0 N–H and O–H groups in total. The molecule has 4 rings (SSSR count). The molecule has 1 amide bonds. The minimum absolute atomic E-state index is 0.136. The first-order chi connectivity index (χ1) is 13.1. The SMILES string of the molecule is CCOc1ccc(CN2C(=O)C3(OCCCO3)c3c(C)ccc(C)c32)cc1. The smallest absolute Gasteiger partial charge is 0.292 e. The van der Waals surface area contributed by atoms with Gasteiger partial charge in [0.2, 0.25) is 0 Å². The largest absolute Gasteiger partial charge is 0.494 e. The fourth-order valence-electron chi connectivity index (χ4n) is 3.94. The summed E-state index contributed by atoms with van der Waals surface area (Å²) in [6.07, 6.45) is 0.800. The van der Waals surface area contributed by atoms with E-state index in [4.69, 9.17) is 14.2 Å². The Labute approximate surface area is 159 Å². The second kappa shape index (κ2) is 6.98. The molecule has 27 heavy (non-hydrogen) atoms. The molecule has 142 valence electrons. The van der Waals surface area contributed by atoms with Gasteiger partial charge < -0.3 is 19.1 Å². The molecular formula is C22H25NO4. The van der Waals surface area contributed by atoms with Crippen molar-refractivity contribution < 1.29 is 19.0 Å². The van der Waals surface area contributed by atoms with E-state index in [1.165, 1.54) is 0 Å². The van der Waals surface area contributed by atoms with Gasteiger partial charge >= 0.3 is 0 Å². The summed E-state index contributed by atoms with van der Waals surface area (Å²) in [4.78, 5) is 15.3. The lowest BCUT2D eigenvalue weighted by Crippen LogP contribution is -2.47. The number of rotatable bonds is 4. The number of hydrogen-bond acceptors (Lipinski definition) is 4. The van der Waals surface area contributed by atoms with E-state index in [0.29, 0.717) is 26.4 Å². The van der Waals surface area contributed by atoms with E-state index in [1.54, 1.807) is 4.90 Å². The molecule has 2 aromatic rings. The minimum Gasteiger partial charge on any atom is -0.494 e. The van der Waals surface area contributed by atoms with E-state index in [-0.39, 0.29) is 5.91 Å². The van der Waals surface area contributed by atoms with Crippen LogP contribution in [0.1, 0.15) is 35.6 Å². The number of anilines is 1. The van der Waals surface area contributed by atoms with Crippen LogP contribution < -0.4 is 9.64 Å². The Bertz CT molecular complexity index is 853. The van der Waals surface area contributed by atoms with Crippen LogP contribution in [0.25, 0.3) is 0 Å². The van der Waals surface area contributed by atoms with Crippen molar-refractivity contribution >= 4 is 11.6 Å². The molecule has 2 aromatic carbocycles. The van der Waals surface area contributed by atoms with Gasteiger partial charge in [-0.2, -0.15) is 0 Å². The highest BCUT2D eigenvalue weighted by molar-refractivity contribution is 6.07. The average Bonchev–Trinajstić information content (AvgIpc) is 2.91. The molecule has 0 radical (unpaired) electrons. The molecule has 0 unspecified atom stereocenters. The van der Waals surface area contributed by atoms with Gasteiger partial charge in [0, 0.05) is 5.56 Å². The van der Waals surface area contributed by atoms with Gasteiger partial charge in [-0.15, -0.1) is 0 Å². The summed E-state index contributed by atoms with van der Waals surface area (Å²) in [6, 6.07) is 12.0. The van der Waals surface area contributed by atoms with Gasteiger partial charge in [-0.25, -0.2) is 0 Å². The third-order valence-corrected chi connectivity index (χ3v) is 5.19. The molecule has 5 nitrogen and oxygen atoms in total. The van der Waals surface area contributed by atoms with Crippen molar-refractivity contribution in [3.05, 3.63) is 58.7 Å². The highest BCUT2D eigenvalue weighted by Crippen LogP contribution is 2.48. The van der Waals surface area contributed by atoms with E-state index in [2.05, 4.69) is 6.07 Å². The molecule has 0 atom stereocenters. The maximum absolute atomic E-state index is 13.5. The Hall–Kier alpha value is -2.37. The van der Waals surface area contributed by atoms with E-state index in [0.717, 1.165) is 40.1 Å². The highest BCUT2D eigenvalue weighted by Gasteiger charge is 2.56. The number of carbonyl (C=O) groups is 1. The lowest BCUT2D eigenvalue weighted by molar-refractivity contribution is -0.257. The summed E-state index contributed by atoms with van der Waals surface area (Å²) in [5, 5.41) is 0. The lowest BCUT2D eigenvalue weighted by atomic mass is 9.97.